The standard InChI is InChI=1S/C14H18N2O3S/c1-9-4-7-13(15)14(11(9)3)20(17,18)16-8-12-6-5-10(2)19-12/h4-7,16H,8,15H2,1-3H3. The highest BCUT2D eigenvalue weighted by Gasteiger charge is 2.21. The highest BCUT2D eigenvalue weighted by atomic mass is 32.2. The molecular formula is C14H18N2O3S. The first-order chi connectivity index (χ1) is 9.31. The van der Waals surface area contributed by atoms with E-state index in [1.165, 1.54) is 0 Å². The first kappa shape index (κ1) is 14.6. The second-order valence-corrected chi connectivity index (χ2v) is 6.47. The van der Waals surface area contributed by atoms with Crippen LogP contribution in [0.4, 0.5) is 5.69 Å². The fourth-order valence-electron chi connectivity index (χ4n) is 1.99. The zero-order valence-electron chi connectivity index (χ0n) is 11.7. The molecule has 1 aromatic carbocycles. The highest BCUT2D eigenvalue weighted by molar-refractivity contribution is 7.89. The summed E-state index contributed by atoms with van der Waals surface area (Å²) in [5.74, 6) is 1.31. The van der Waals surface area contributed by atoms with E-state index in [0.717, 1.165) is 11.3 Å². The Bertz CT molecular complexity index is 733. The van der Waals surface area contributed by atoms with Crippen LogP contribution in [0, 0.1) is 20.8 Å². The topological polar surface area (TPSA) is 85.3 Å². The Balaban J connectivity index is 2.29. The molecule has 0 radical (unpaired) electrons. The minimum Gasteiger partial charge on any atom is -0.465 e. The van der Waals surface area contributed by atoms with Gasteiger partial charge in [-0.15, -0.1) is 0 Å². The second kappa shape index (κ2) is 5.30. The number of anilines is 1. The van der Waals surface area contributed by atoms with Gasteiger partial charge in [0, 0.05) is 0 Å². The lowest BCUT2D eigenvalue weighted by Crippen LogP contribution is -2.25. The molecule has 108 valence electrons. The fourth-order valence-corrected chi connectivity index (χ4v) is 3.41. The van der Waals surface area contributed by atoms with E-state index in [1.54, 1.807) is 38.1 Å². The molecular weight excluding hydrogens is 276 g/mol. The third-order valence-electron chi connectivity index (χ3n) is 3.21. The Hall–Kier alpha value is -1.79. The van der Waals surface area contributed by atoms with Gasteiger partial charge in [-0.05, 0) is 50.1 Å². The molecule has 0 aliphatic carbocycles. The van der Waals surface area contributed by atoms with Crippen molar-refractivity contribution in [2.75, 3.05) is 5.73 Å². The number of nitrogen functional groups attached to an aromatic ring is 1. The van der Waals surface area contributed by atoms with Crippen LogP contribution < -0.4 is 10.5 Å². The van der Waals surface area contributed by atoms with E-state index >= 15 is 0 Å². The van der Waals surface area contributed by atoms with Crippen molar-refractivity contribution in [2.45, 2.75) is 32.2 Å². The van der Waals surface area contributed by atoms with Gasteiger partial charge in [0.25, 0.3) is 0 Å². The van der Waals surface area contributed by atoms with Crippen molar-refractivity contribution in [3.63, 3.8) is 0 Å². The zero-order chi connectivity index (χ0) is 14.9. The summed E-state index contributed by atoms with van der Waals surface area (Å²) in [7, 11) is -3.67. The Morgan fingerprint density at radius 3 is 2.45 bits per heavy atom. The first-order valence-electron chi connectivity index (χ1n) is 6.22. The van der Waals surface area contributed by atoms with Crippen LogP contribution in [0.3, 0.4) is 0 Å². The normalized spacial score (nSPS) is 11.8. The lowest BCUT2D eigenvalue weighted by molar-refractivity contribution is 0.475. The van der Waals surface area contributed by atoms with Crippen molar-refractivity contribution in [3.8, 4) is 0 Å². The van der Waals surface area contributed by atoms with Gasteiger partial charge in [-0.25, -0.2) is 13.1 Å². The summed E-state index contributed by atoms with van der Waals surface area (Å²) >= 11 is 0. The summed E-state index contributed by atoms with van der Waals surface area (Å²) in [6.07, 6.45) is 0. The van der Waals surface area contributed by atoms with Crippen LogP contribution in [0.1, 0.15) is 22.6 Å². The molecule has 20 heavy (non-hydrogen) atoms. The van der Waals surface area contributed by atoms with E-state index in [1.807, 2.05) is 6.92 Å². The Morgan fingerprint density at radius 1 is 1.15 bits per heavy atom. The average Bonchev–Trinajstić information content (AvgIpc) is 2.78. The number of furan rings is 1. The first-order valence-corrected chi connectivity index (χ1v) is 7.70. The summed E-state index contributed by atoms with van der Waals surface area (Å²) < 4.78 is 32.6. The predicted octanol–water partition coefficient (Wildman–Crippen LogP) is 2.27. The van der Waals surface area contributed by atoms with E-state index in [2.05, 4.69) is 4.72 Å². The maximum Gasteiger partial charge on any atom is 0.243 e. The number of aryl methyl sites for hydroxylation is 2. The van der Waals surface area contributed by atoms with Crippen LogP contribution in [0.15, 0.2) is 33.6 Å². The maximum absolute atomic E-state index is 12.4. The number of benzene rings is 1. The maximum atomic E-state index is 12.4. The lowest BCUT2D eigenvalue weighted by Gasteiger charge is -2.13. The van der Waals surface area contributed by atoms with Crippen LogP contribution in [0.5, 0.6) is 0 Å². The molecule has 0 saturated carbocycles. The molecule has 0 saturated heterocycles. The number of sulfonamides is 1. The monoisotopic (exact) mass is 294 g/mol. The average molecular weight is 294 g/mol. The van der Waals surface area contributed by atoms with Gasteiger partial charge in [0.15, 0.2) is 0 Å². The molecule has 1 heterocycles. The van der Waals surface area contributed by atoms with Gasteiger partial charge in [-0.2, -0.15) is 0 Å². The summed E-state index contributed by atoms with van der Waals surface area (Å²) in [6.45, 7) is 5.50. The fraction of sp³-hybridized carbons (Fsp3) is 0.286. The van der Waals surface area contributed by atoms with Crippen LogP contribution in [0.2, 0.25) is 0 Å². The molecule has 0 unspecified atom stereocenters. The van der Waals surface area contributed by atoms with Gasteiger partial charge in [-0.1, -0.05) is 6.07 Å². The quantitative estimate of drug-likeness (QED) is 0.847. The smallest absolute Gasteiger partial charge is 0.243 e. The van der Waals surface area contributed by atoms with Crippen LogP contribution >= 0.6 is 0 Å². The Morgan fingerprint density at radius 2 is 1.85 bits per heavy atom. The van der Waals surface area contributed by atoms with Crippen molar-refractivity contribution in [1.29, 1.82) is 0 Å². The SMILES string of the molecule is Cc1ccc(CNS(=O)(=O)c2c(N)ccc(C)c2C)o1. The third kappa shape index (κ3) is 2.86. The van der Waals surface area contributed by atoms with Gasteiger partial charge in [-0.3, -0.25) is 0 Å². The van der Waals surface area contributed by atoms with E-state index in [4.69, 9.17) is 10.2 Å². The minimum atomic E-state index is -3.67. The molecule has 0 bridgehead atoms. The molecule has 0 atom stereocenters. The van der Waals surface area contributed by atoms with Crippen molar-refractivity contribution in [3.05, 3.63) is 46.9 Å². The molecule has 3 N–H and O–H groups in total. The highest BCUT2D eigenvalue weighted by Crippen LogP contribution is 2.25. The number of nitrogens with two attached hydrogens (primary N) is 1. The second-order valence-electron chi connectivity index (χ2n) is 4.76. The van der Waals surface area contributed by atoms with Gasteiger partial charge in [0.05, 0.1) is 12.2 Å². The largest absolute Gasteiger partial charge is 0.465 e. The van der Waals surface area contributed by atoms with Crippen molar-refractivity contribution >= 4 is 15.7 Å². The molecule has 0 aliphatic rings. The van der Waals surface area contributed by atoms with E-state index in [9.17, 15) is 8.42 Å². The van der Waals surface area contributed by atoms with E-state index < -0.39 is 10.0 Å². The van der Waals surface area contributed by atoms with E-state index in [-0.39, 0.29) is 17.1 Å². The number of rotatable bonds is 4. The number of nitrogens with one attached hydrogen (secondary N) is 1. The molecule has 5 nitrogen and oxygen atoms in total. The molecule has 1 aromatic heterocycles. The lowest BCUT2D eigenvalue weighted by atomic mass is 10.1. The van der Waals surface area contributed by atoms with Crippen LogP contribution in [-0.4, -0.2) is 8.42 Å². The summed E-state index contributed by atoms with van der Waals surface area (Å²) in [5.41, 5.74) is 7.60. The van der Waals surface area contributed by atoms with Crippen molar-refractivity contribution in [1.82, 2.24) is 4.72 Å². The van der Waals surface area contributed by atoms with Gasteiger partial charge < -0.3 is 10.2 Å². The molecule has 2 aromatic rings. The molecule has 2 rings (SSSR count). The van der Waals surface area contributed by atoms with Crippen molar-refractivity contribution in [2.24, 2.45) is 0 Å². The summed E-state index contributed by atoms with van der Waals surface area (Å²) in [4.78, 5) is 0.140. The van der Waals surface area contributed by atoms with Crippen LogP contribution in [-0.2, 0) is 16.6 Å². The zero-order valence-corrected chi connectivity index (χ0v) is 12.5. The minimum absolute atomic E-state index is 0.100. The Kier molecular flexibility index (Phi) is 3.87. The number of hydrogen-bond donors (Lipinski definition) is 2. The molecule has 0 spiro atoms. The Labute approximate surface area is 118 Å². The summed E-state index contributed by atoms with van der Waals surface area (Å²) in [6, 6.07) is 6.94. The third-order valence-corrected chi connectivity index (χ3v) is 4.81. The number of hydrogen-bond acceptors (Lipinski definition) is 4. The molecule has 0 aliphatic heterocycles. The van der Waals surface area contributed by atoms with Crippen molar-refractivity contribution < 1.29 is 12.8 Å². The van der Waals surface area contributed by atoms with Gasteiger partial charge in [0.1, 0.15) is 16.4 Å². The van der Waals surface area contributed by atoms with Gasteiger partial charge >= 0.3 is 0 Å². The van der Waals surface area contributed by atoms with Crippen LogP contribution in [0.25, 0.3) is 0 Å². The predicted molar refractivity (Wildman–Crippen MR) is 77.8 cm³/mol. The summed E-state index contributed by atoms with van der Waals surface area (Å²) in [5, 5.41) is 0. The van der Waals surface area contributed by atoms with E-state index in [0.29, 0.717) is 11.3 Å². The molecule has 6 heteroatoms. The molecule has 0 amide bonds. The molecule has 0 fully saturated rings. The van der Waals surface area contributed by atoms with Gasteiger partial charge in [0.2, 0.25) is 10.0 Å².